The Morgan fingerprint density at radius 3 is 1.90 bits per heavy atom. The Hall–Kier alpha value is 0.491. The molecule has 1 unspecified atom stereocenters. The molecule has 0 N–H and O–H groups in total. The molecule has 1 atom stereocenters. The quantitative estimate of drug-likeness (QED) is 0.541. The molecule has 1 aliphatic heterocycles. The lowest BCUT2D eigenvalue weighted by molar-refractivity contribution is -0.0462. The van der Waals surface area contributed by atoms with Crippen LogP contribution in [0.25, 0.3) is 0 Å². The van der Waals surface area contributed by atoms with Crippen LogP contribution in [-0.2, 0) is 9.47 Å². The highest BCUT2D eigenvalue weighted by Gasteiger charge is 2.39. The molecule has 0 radical (unpaired) electrons. The van der Waals surface area contributed by atoms with Gasteiger partial charge in [0.2, 0.25) is 0 Å². The molecule has 120 valence electrons. The second-order valence-corrected chi connectivity index (χ2v) is 19.7. The highest BCUT2D eigenvalue weighted by Crippen LogP contribution is 2.22. The van der Waals surface area contributed by atoms with E-state index < -0.39 is 26.0 Å². The van der Waals surface area contributed by atoms with Crippen LogP contribution in [0.1, 0.15) is 0 Å². The Morgan fingerprint density at radius 1 is 0.950 bits per heavy atom. The first-order valence-electron chi connectivity index (χ1n) is 7.67. The van der Waals surface area contributed by atoms with E-state index in [-0.39, 0.29) is 5.91 Å². The van der Waals surface area contributed by atoms with E-state index in [1.165, 1.54) is 19.6 Å². The van der Waals surface area contributed by atoms with Crippen molar-refractivity contribution in [1.82, 2.24) is 9.13 Å². The number of rotatable bonds is 6. The molecule has 1 rings (SSSR count). The summed E-state index contributed by atoms with van der Waals surface area (Å²) in [4.78, 5) is 0. The molecule has 0 saturated carbocycles. The summed E-state index contributed by atoms with van der Waals surface area (Å²) in [7, 11) is 0.663. The summed E-state index contributed by atoms with van der Waals surface area (Å²) in [5, 5.41) is 0. The van der Waals surface area contributed by atoms with Gasteiger partial charge in [-0.05, 0) is 0 Å². The molecule has 0 aromatic rings. The lowest BCUT2D eigenvalue weighted by Gasteiger charge is -2.51. The van der Waals surface area contributed by atoms with Gasteiger partial charge in [-0.15, -0.1) is 0 Å². The Morgan fingerprint density at radius 2 is 1.50 bits per heavy atom. The summed E-state index contributed by atoms with van der Waals surface area (Å²) >= 11 is 0. The topological polar surface area (TPSA) is 24.9 Å². The Kier molecular flexibility index (Phi) is 6.64. The minimum absolute atomic E-state index is 0.0560. The lowest BCUT2D eigenvalue weighted by Crippen LogP contribution is -2.67. The van der Waals surface area contributed by atoms with Crippen LogP contribution in [0.15, 0.2) is 0 Å². The zero-order chi connectivity index (χ0) is 15.6. The van der Waals surface area contributed by atoms with Gasteiger partial charge in [-0.2, -0.15) is 0 Å². The van der Waals surface area contributed by atoms with E-state index in [1.54, 1.807) is 14.2 Å². The second kappa shape index (κ2) is 7.17. The zero-order valence-electron chi connectivity index (χ0n) is 14.7. The molecular weight excluding hydrogens is 300 g/mol. The van der Waals surface area contributed by atoms with Crippen LogP contribution >= 0.6 is 0 Å². The fourth-order valence-corrected chi connectivity index (χ4v) is 10.5. The van der Waals surface area contributed by atoms with Crippen molar-refractivity contribution >= 4 is 26.0 Å². The molecule has 1 heterocycles. The van der Waals surface area contributed by atoms with Crippen molar-refractivity contribution in [2.24, 2.45) is 0 Å². The molecule has 0 aromatic carbocycles. The van der Waals surface area contributed by atoms with Crippen molar-refractivity contribution in [2.45, 2.75) is 50.9 Å². The van der Waals surface area contributed by atoms with Gasteiger partial charge in [-0.3, -0.25) is 0 Å². The van der Waals surface area contributed by atoms with Gasteiger partial charge in [0, 0.05) is 39.5 Å². The minimum atomic E-state index is -1.25. The number of ether oxygens (including phenoxy) is 2. The van der Waals surface area contributed by atoms with E-state index in [2.05, 4.69) is 48.4 Å². The van der Waals surface area contributed by atoms with Crippen molar-refractivity contribution in [1.29, 1.82) is 0 Å². The molecule has 7 heteroatoms. The molecule has 0 aromatic heterocycles. The van der Waals surface area contributed by atoms with Crippen molar-refractivity contribution in [3.05, 3.63) is 0 Å². The standard InChI is InChI=1S/C13H34N2O2Si3/c1-16-13(17-2)18-12-11-14(19(3,4)5)9-10-15(12)20(6,7)8/h12-13H,9-11,18H2,1-8H3. The molecule has 0 bridgehead atoms. The van der Waals surface area contributed by atoms with Crippen molar-refractivity contribution in [3.63, 3.8) is 0 Å². The third-order valence-electron chi connectivity index (χ3n) is 4.28. The summed E-state index contributed by atoms with van der Waals surface area (Å²) in [6.07, 6.45) is 0. The average molecular weight is 335 g/mol. The second-order valence-electron chi connectivity index (χ2n) is 7.77. The molecule has 20 heavy (non-hydrogen) atoms. The van der Waals surface area contributed by atoms with Gasteiger partial charge in [0.1, 0.15) is 31.9 Å². The van der Waals surface area contributed by atoms with Crippen molar-refractivity contribution in [3.8, 4) is 0 Å². The first kappa shape index (κ1) is 18.5. The third-order valence-corrected chi connectivity index (χ3v) is 11.6. The molecule has 0 amide bonds. The number of nitrogens with zero attached hydrogens (tertiary/aromatic N) is 2. The van der Waals surface area contributed by atoms with Gasteiger partial charge in [0.05, 0.1) is 0 Å². The molecule has 1 aliphatic rings. The van der Waals surface area contributed by atoms with Crippen LogP contribution in [0.4, 0.5) is 0 Å². The van der Waals surface area contributed by atoms with Gasteiger partial charge in [0.25, 0.3) is 0 Å². The van der Waals surface area contributed by atoms with E-state index in [0.717, 1.165) is 0 Å². The number of piperazine rings is 1. The number of methoxy groups -OCH3 is 2. The first-order valence-corrected chi connectivity index (χ1v) is 16.2. The maximum atomic E-state index is 5.51. The molecule has 1 fully saturated rings. The van der Waals surface area contributed by atoms with Crippen LogP contribution < -0.4 is 0 Å². The van der Waals surface area contributed by atoms with Gasteiger partial charge in [0.15, 0.2) is 0 Å². The Bertz CT molecular complexity index is 301. The molecule has 4 nitrogen and oxygen atoms in total. The van der Waals surface area contributed by atoms with Gasteiger partial charge < -0.3 is 18.6 Å². The SMILES string of the molecule is COC(OC)[SiH2]C1CN([Si](C)(C)C)CCN1[Si](C)(C)C. The minimum Gasteiger partial charge on any atom is -0.360 e. The van der Waals surface area contributed by atoms with Crippen LogP contribution in [0.3, 0.4) is 0 Å². The highest BCUT2D eigenvalue weighted by molar-refractivity contribution is 6.75. The van der Waals surface area contributed by atoms with E-state index in [1.807, 2.05) is 0 Å². The Balaban J connectivity index is 2.83. The summed E-state index contributed by atoms with van der Waals surface area (Å²) in [5.41, 5.74) is 0.701. The fraction of sp³-hybridized carbons (Fsp3) is 1.00. The van der Waals surface area contributed by atoms with Crippen LogP contribution in [0, 0.1) is 0 Å². The summed E-state index contributed by atoms with van der Waals surface area (Å²) in [6, 6.07) is 0. The largest absolute Gasteiger partial charge is 0.360 e. The van der Waals surface area contributed by atoms with E-state index >= 15 is 0 Å². The molecular formula is C13H34N2O2Si3. The molecule has 1 saturated heterocycles. The fourth-order valence-electron chi connectivity index (χ4n) is 3.06. The third kappa shape index (κ3) is 5.04. The number of hydrogen-bond donors (Lipinski definition) is 0. The Labute approximate surface area is 129 Å². The summed E-state index contributed by atoms with van der Waals surface area (Å²) < 4.78 is 16.6. The van der Waals surface area contributed by atoms with Crippen molar-refractivity contribution < 1.29 is 9.47 Å². The maximum Gasteiger partial charge on any atom is 0.135 e. The van der Waals surface area contributed by atoms with Crippen molar-refractivity contribution in [2.75, 3.05) is 33.9 Å². The predicted octanol–water partition coefficient (Wildman–Crippen LogP) is 1.35. The van der Waals surface area contributed by atoms with E-state index in [0.29, 0.717) is 5.67 Å². The predicted molar refractivity (Wildman–Crippen MR) is 95.1 cm³/mol. The molecule has 0 aliphatic carbocycles. The van der Waals surface area contributed by atoms with Crippen LogP contribution in [0.5, 0.6) is 0 Å². The summed E-state index contributed by atoms with van der Waals surface area (Å²) in [5.74, 6) is 0.0560. The summed E-state index contributed by atoms with van der Waals surface area (Å²) in [6.45, 7) is 18.5. The first-order chi connectivity index (χ1) is 9.09. The number of hydrogen-bond acceptors (Lipinski definition) is 4. The lowest BCUT2D eigenvalue weighted by atomic mass is 10.4. The maximum absolute atomic E-state index is 5.51. The zero-order valence-corrected chi connectivity index (χ0v) is 18.1. The van der Waals surface area contributed by atoms with Gasteiger partial charge >= 0.3 is 0 Å². The van der Waals surface area contributed by atoms with Crippen LogP contribution in [-0.4, -0.2) is 80.6 Å². The average Bonchev–Trinajstić information content (AvgIpc) is 2.33. The van der Waals surface area contributed by atoms with Crippen LogP contribution in [0.2, 0.25) is 39.3 Å². The van der Waals surface area contributed by atoms with Gasteiger partial charge in [-0.1, -0.05) is 39.3 Å². The van der Waals surface area contributed by atoms with E-state index in [9.17, 15) is 0 Å². The smallest absolute Gasteiger partial charge is 0.135 e. The van der Waals surface area contributed by atoms with Gasteiger partial charge in [-0.25, -0.2) is 0 Å². The monoisotopic (exact) mass is 334 g/mol. The van der Waals surface area contributed by atoms with E-state index in [4.69, 9.17) is 9.47 Å². The normalized spacial score (nSPS) is 24.1. The highest BCUT2D eigenvalue weighted by atomic mass is 28.3. The molecule has 0 spiro atoms.